The topological polar surface area (TPSA) is 183 Å². The van der Waals surface area contributed by atoms with Crippen LogP contribution in [0.4, 0.5) is 0 Å². The second-order valence-corrected chi connectivity index (χ2v) is 17.0. The Morgan fingerprint density at radius 2 is 1.63 bits per heavy atom. The zero-order chi connectivity index (χ0) is 38.9. The number of aliphatic hydroxyl groups excluding tert-OH is 4. The summed E-state index contributed by atoms with van der Waals surface area (Å²) in [7, 11) is 0. The second-order valence-electron chi connectivity index (χ2n) is 17.0. The fraction of sp³-hybridized carbons (Fsp3) is 0.854. The van der Waals surface area contributed by atoms with E-state index in [-0.39, 0.29) is 48.9 Å². The normalized spacial score (nSPS) is 43.0. The molecule has 0 aromatic carbocycles. The smallest absolute Gasteiger partial charge is 0.330 e. The minimum absolute atomic E-state index is 0.0402. The van der Waals surface area contributed by atoms with Gasteiger partial charge in [0.1, 0.15) is 17.5 Å². The lowest BCUT2D eigenvalue weighted by Gasteiger charge is -2.50. The molecule has 0 aliphatic carbocycles. The van der Waals surface area contributed by atoms with Crippen molar-refractivity contribution in [1.82, 2.24) is 0 Å². The van der Waals surface area contributed by atoms with Crippen LogP contribution in [0, 0.1) is 23.7 Å². The third kappa shape index (κ3) is 13.0. The summed E-state index contributed by atoms with van der Waals surface area (Å²) < 4.78 is 19.3. The highest BCUT2D eigenvalue weighted by atomic mass is 16.7. The van der Waals surface area contributed by atoms with Crippen LogP contribution in [-0.2, 0) is 23.8 Å². The Balaban J connectivity index is 1.94. The zero-order valence-corrected chi connectivity index (χ0v) is 32.8. The first-order chi connectivity index (χ1) is 24.3. The highest BCUT2D eigenvalue weighted by Gasteiger charge is 2.51. The van der Waals surface area contributed by atoms with E-state index in [1.807, 2.05) is 26.0 Å². The van der Waals surface area contributed by atoms with Crippen LogP contribution in [0.25, 0.3) is 0 Å². The van der Waals surface area contributed by atoms with Gasteiger partial charge in [-0.05, 0) is 77.2 Å². The Bertz CT molecular complexity index is 1180. The van der Waals surface area contributed by atoms with E-state index in [2.05, 4.69) is 13.8 Å². The van der Waals surface area contributed by atoms with Crippen LogP contribution >= 0.6 is 0 Å². The Labute approximate surface area is 311 Å². The molecular weight excluding hydrogens is 668 g/mol. The number of ketones is 1. The van der Waals surface area contributed by atoms with Gasteiger partial charge in [-0.25, -0.2) is 4.79 Å². The molecule has 52 heavy (non-hydrogen) atoms. The van der Waals surface area contributed by atoms with E-state index < -0.39 is 65.5 Å². The van der Waals surface area contributed by atoms with Gasteiger partial charge < -0.3 is 44.8 Å². The first-order valence-electron chi connectivity index (χ1n) is 19.9. The van der Waals surface area contributed by atoms with Crippen LogP contribution in [0.1, 0.15) is 138 Å². The number of allylic oxidation sites excluding steroid dienone is 2. The van der Waals surface area contributed by atoms with Gasteiger partial charge in [-0.3, -0.25) is 4.79 Å². The van der Waals surface area contributed by atoms with Crippen LogP contribution in [0.5, 0.6) is 0 Å². The van der Waals surface area contributed by atoms with Gasteiger partial charge in [0.15, 0.2) is 5.79 Å². The van der Waals surface area contributed by atoms with Crippen molar-refractivity contribution in [3.8, 4) is 0 Å². The van der Waals surface area contributed by atoms with E-state index in [0.717, 1.165) is 44.3 Å². The van der Waals surface area contributed by atoms with Crippen LogP contribution in [0.2, 0.25) is 0 Å². The maximum absolute atomic E-state index is 14.0. The van der Waals surface area contributed by atoms with E-state index in [4.69, 9.17) is 14.2 Å². The molecular formula is C41H70O11. The van der Waals surface area contributed by atoms with E-state index in [1.54, 1.807) is 0 Å². The molecule has 0 radical (unpaired) electrons. The van der Waals surface area contributed by atoms with E-state index in [9.17, 15) is 40.2 Å². The molecule has 0 aromatic rings. The molecule has 0 unspecified atom stereocenters. The first-order valence-corrected chi connectivity index (χ1v) is 19.9. The molecule has 2 fully saturated rings. The van der Waals surface area contributed by atoms with Crippen LogP contribution in [0.3, 0.4) is 0 Å². The Morgan fingerprint density at radius 3 is 2.31 bits per heavy atom. The largest absolute Gasteiger partial charge is 0.459 e. The van der Waals surface area contributed by atoms with Gasteiger partial charge in [-0.15, -0.1) is 0 Å². The Morgan fingerprint density at radius 1 is 0.923 bits per heavy atom. The number of aliphatic hydroxyl groups is 6. The van der Waals surface area contributed by atoms with Gasteiger partial charge in [0.05, 0.1) is 42.2 Å². The maximum Gasteiger partial charge on any atom is 0.330 e. The average molecular weight is 739 g/mol. The highest BCUT2D eigenvalue weighted by Crippen LogP contribution is 2.44. The quantitative estimate of drug-likeness (QED) is 0.164. The number of fused-ring (bicyclic) bond motifs is 2. The first kappa shape index (κ1) is 44.7. The molecule has 3 aliphatic heterocycles. The van der Waals surface area contributed by atoms with Crippen molar-refractivity contribution >= 4 is 11.8 Å². The molecule has 11 nitrogen and oxygen atoms in total. The molecule has 2 bridgehead atoms. The number of carbonyl (C=O) groups excluding carboxylic acids is 2. The number of carbonyl (C=O) groups is 2. The zero-order valence-electron chi connectivity index (χ0n) is 32.8. The van der Waals surface area contributed by atoms with Crippen LogP contribution in [0.15, 0.2) is 24.3 Å². The van der Waals surface area contributed by atoms with Crippen molar-refractivity contribution in [3.63, 3.8) is 0 Å². The highest BCUT2D eigenvalue weighted by molar-refractivity contribution is 5.83. The standard InChI is InChI=1S/C41H70O11/c1-8-30(42)22-31-16-14-19-41(51-31)25-35-28(5)34(52-41)23-33(44)29(21-26(2)3)15-12-10-9-11-13-18-39(6,48)36(45)24-32(43)27(4)38(47)40(7,49)20-17-37(46)50-35/h12,15,17,20,26-32,34-36,38,42-43,45,47-49H,8-11,13-14,16,18-19,21-25H2,1-7H3/b15-12-,20-17+/t27-,28+,29-,30-,31-,32+,34+,35+,36-,38+,39-,40-,41-/m1/s1. The molecule has 3 aliphatic rings. The molecule has 11 heteroatoms. The molecule has 0 amide bonds. The summed E-state index contributed by atoms with van der Waals surface area (Å²) >= 11 is 0. The number of Topliss-reactive ketones (excluding diaryl/α,β-unsaturated/α-hetero) is 1. The summed E-state index contributed by atoms with van der Waals surface area (Å²) in [6.07, 6.45) is 7.45. The summed E-state index contributed by atoms with van der Waals surface area (Å²) in [5.41, 5.74) is -3.41. The van der Waals surface area contributed by atoms with E-state index in [0.29, 0.717) is 38.5 Å². The van der Waals surface area contributed by atoms with Gasteiger partial charge in [0, 0.05) is 49.5 Å². The molecule has 2 saturated heterocycles. The number of ether oxygens (including phenoxy) is 3. The lowest BCUT2D eigenvalue weighted by Crippen LogP contribution is -2.56. The molecule has 0 aromatic heterocycles. The Kier molecular flexibility index (Phi) is 17.0. The van der Waals surface area contributed by atoms with Crippen molar-refractivity contribution < 1.29 is 54.4 Å². The fourth-order valence-corrected chi connectivity index (χ4v) is 7.92. The fourth-order valence-electron chi connectivity index (χ4n) is 7.92. The second kappa shape index (κ2) is 19.8. The number of hydrogen-bond donors (Lipinski definition) is 6. The van der Waals surface area contributed by atoms with Gasteiger partial charge in [-0.2, -0.15) is 0 Å². The molecule has 300 valence electrons. The predicted octanol–water partition coefficient (Wildman–Crippen LogP) is 5.06. The van der Waals surface area contributed by atoms with Crippen molar-refractivity contribution in [1.29, 1.82) is 0 Å². The molecule has 1 spiro atoms. The van der Waals surface area contributed by atoms with Gasteiger partial charge >= 0.3 is 5.97 Å². The third-order valence-corrected chi connectivity index (χ3v) is 11.7. The predicted molar refractivity (Wildman–Crippen MR) is 198 cm³/mol. The third-order valence-electron chi connectivity index (χ3n) is 11.7. The number of hydrogen-bond acceptors (Lipinski definition) is 11. The SMILES string of the molecule is CC[C@@H](O)C[C@H]1CCC[C@@]2(C[C@@H]3OC(=O)/C=C/[C@@](C)(O)[C@@H](O)[C@H](C)[C@@H](O)C[C@@H](O)[C@](C)(O)CCCCC/C=C\[C@H](CC(C)C)C(=O)C[C@H](O2)[C@@H]3C)O1. The summed E-state index contributed by atoms with van der Waals surface area (Å²) in [5, 5.41) is 65.3. The minimum Gasteiger partial charge on any atom is -0.459 e. The molecule has 0 saturated carbocycles. The van der Waals surface area contributed by atoms with Gasteiger partial charge in [-0.1, -0.05) is 59.6 Å². The molecule has 6 N–H and O–H groups in total. The summed E-state index contributed by atoms with van der Waals surface area (Å²) in [4.78, 5) is 27.3. The van der Waals surface area contributed by atoms with Crippen LogP contribution in [-0.4, -0.2) is 102 Å². The van der Waals surface area contributed by atoms with Crippen molar-refractivity contribution in [2.45, 2.75) is 198 Å². The maximum atomic E-state index is 14.0. The van der Waals surface area contributed by atoms with E-state index in [1.165, 1.54) is 20.8 Å². The monoisotopic (exact) mass is 738 g/mol. The molecule has 3 heterocycles. The minimum atomic E-state index is -1.95. The van der Waals surface area contributed by atoms with Gasteiger partial charge in [0.2, 0.25) is 0 Å². The van der Waals surface area contributed by atoms with Crippen molar-refractivity contribution in [2.75, 3.05) is 0 Å². The summed E-state index contributed by atoms with van der Waals surface area (Å²) in [6, 6.07) is 0. The molecule has 3 rings (SSSR count). The van der Waals surface area contributed by atoms with Crippen molar-refractivity contribution in [2.24, 2.45) is 23.7 Å². The Hall–Kier alpha value is -1.70. The van der Waals surface area contributed by atoms with Gasteiger partial charge in [0.25, 0.3) is 0 Å². The number of esters is 1. The number of rotatable bonds is 5. The molecule has 13 atom stereocenters. The lowest BCUT2D eigenvalue weighted by molar-refractivity contribution is -0.339. The average Bonchev–Trinajstić information content (AvgIpc) is 3.07. The van der Waals surface area contributed by atoms with E-state index >= 15 is 0 Å². The van der Waals surface area contributed by atoms with Crippen molar-refractivity contribution in [3.05, 3.63) is 24.3 Å². The summed E-state index contributed by atoms with van der Waals surface area (Å²) in [5.74, 6) is -3.14. The summed E-state index contributed by atoms with van der Waals surface area (Å²) in [6.45, 7) is 12.4. The lowest BCUT2D eigenvalue weighted by atomic mass is 9.81. The van der Waals surface area contributed by atoms with Crippen LogP contribution < -0.4 is 0 Å².